The number of rotatable bonds is 8. The molecule has 0 unspecified atom stereocenters. The van der Waals surface area contributed by atoms with Gasteiger partial charge < -0.3 is 9.88 Å². The lowest BCUT2D eigenvalue weighted by atomic mass is 10.2. The lowest BCUT2D eigenvalue weighted by molar-refractivity contribution is -0.120. The van der Waals surface area contributed by atoms with Crippen LogP contribution in [0.1, 0.15) is 23.4 Å². The van der Waals surface area contributed by atoms with Gasteiger partial charge in [0.05, 0.1) is 0 Å². The fourth-order valence-corrected chi connectivity index (χ4v) is 3.55. The Bertz CT molecular complexity index is 828. The van der Waals surface area contributed by atoms with Crippen LogP contribution in [-0.2, 0) is 17.1 Å². The quantitative estimate of drug-likeness (QED) is 0.611. The van der Waals surface area contributed by atoms with Crippen LogP contribution in [0.3, 0.4) is 0 Å². The number of hydrogen-bond donors (Lipinski definition) is 1. The highest BCUT2D eigenvalue weighted by atomic mass is 32.2. The van der Waals surface area contributed by atoms with Gasteiger partial charge in [-0.15, -0.1) is 0 Å². The highest BCUT2D eigenvalue weighted by Crippen LogP contribution is 2.13. The van der Waals surface area contributed by atoms with E-state index in [-0.39, 0.29) is 5.91 Å². The number of hydrogen-bond acceptors (Lipinski definition) is 3. The van der Waals surface area contributed by atoms with Crippen molar-refractivity contribution in [3.63, 3.8) is 0 Å². The van der Waals surface area contributed by atoms with E-state index in [0.717, 1.165) is 28.6 Å². The molecule has 0 saturated carbocycles. The number of carbonyl (C=O) groups is 1. The molecule has 5 heteroatoms. The minimum absolute atomic E-state index is 0.0973. The molecule has 2 aromatic carbocycles. The molecular formula is C21H23N3OS. The first-order valence-corrected chi connectivity index (χ1v) is 9.85. The van der Waals surface area contributed by atoms with Gasteiger partial charge in [-0.2, -0.15) is 11.8 Å². The fourth-order valence-electron chi connectivity index (χ4n) is 2.64. The van der Waals surface area contributed by atoms with Gasteiger partial charge in [0, 0.05) is 42.6 Å². The van der Waals surface area contributed by atoms with Crippen molar-refractivity contribution in [3.8, 4) is 5.69 Å². The standard InChI is InChI=1S/C21H23N3OS/c1-17-22-12-13-24(17)20-9-7-18(8-10-20)15-23-21(25)11-14-26-16-19-5-3-2-4-6-19/h2-10,12-13H,11,14-16H2,1H3,(H,23,25). The fraction of sp³-hybridized carbons (Fsp3) is 0.238. The summed E-state index contributed by atoms with van der Waals surface area (Å²) in [5.41, 5.74) is 3.47. The molecule has 0 saturated heterocycles. The average Bonchev–Trinajstić information content (AvgIpc) is 3.11. The Balaban J connectivity index is 1.38. The Labute approximate surface area is 158 Å². The van der Waals surface area contributed by atoms with E-state index in [4.69, 9.17) is 0 Å². The van der Waals surface area contributed by atoms with E-state index in [9.17, 15) is 4.79 Å². The topological polar surface area (TPSA) is 46.9 Å². The van der Waals surface area contributed by atoms with E-state index in [2.05, 4.69) is 22.4 Å². The molecule has 0 atom stereocenters. The van der Waals surface area contributed by atoms with Crippen molar-refractivity contribution < 1.29 is 4.79 Å². The molecule has 3 rings (SSSR count). The average molecular weight is 366 g/mol. The number of benzene rings is 2. The number of nitrogens with zero attached hydrogens (tertiary/aromatic N) is 2. The van der Waals surface area contributed by atoms with Gasteiger partial charge in [0.1, 0.15) is 5.82 Å². The lowest BCUT2D eigenvalue weighted by Crippen LogP contribution is -2.23. The highest BCUT2D eigenvalue weighted by Gasteiger charge is 2.03. The van der Waals surface area contributed by atoms with Crippen molar-refractivity contribution in [3.05, 3.63) is 83.9 Å². The Morgan fingerprint density at radius 3 is 2.54 bits per heavy atom. The van der Waals surface area contributed by atoms with Crippen LogP contribution < -0.4 is 5.32 Å². The Morgan fingerprint density at radius 2 is 1.85 bits per heavy atom. The van der Waals surface area contributed by atoms with Crippen LogP contribution in [0.15, 0.2) is 67.0 Å². The second-order valence-corrected chi connectivity index (χ2v) is 7.18. The van der Waals surface area contributed by atoms with Gasteiger partial charge in [-0.25, -0.2) is 4.98 Å². The summed E-state index contributed by atoms with van der Waals surface area (Å²) in [6.45, 7) is 2.54. The number of nitrogens with one attached hydrogen (secondary N) is 1. The molecule has 0 radical (unpaired) electrons. The zero-order valence-electron chi connectivity index (χ0n) is 14.9. The number of imidazole rings is 1. The second-order valence-electron chi connectivity index (χ2n) is 6.08. The van der Waals surface area contributed by atoms with Crippen molar-refractivity contribution in [1.82, 2.24) is 14.9 Å². The Hall–Kier alpha value is -2.53. The zero-order valence-corrected chi connectivity index (χ0v) is 15.7. The third kappa shape index (κ3) is 5.23. The molecule has 0 spiro atoms. The van der Waals surface area contributed by atoms with E-state index in [1.165, 1.54) is 5.56 Å². The molecule has 1 N–H and O–H groups in total. The summed E-state index contributed by atoms with van der Waals surface area (Å²) in [6.07, 6.45) is 4.28. The van der Waals surface area contributed by atoms with E-state index >= 15 is 0 Å². The molecule has 1 amide bonds. The summed E-state index contributed by atoms with van der Waals surface area (Å²) >= 11 is 1.79. The van der Waals surface area contributed by atoms with Crippen molar-refractivity contribution in [1.29, 1.82) is 0 Å². The summed E-state index contributed by atoms with van der Waals surface area (Å²) in [5, 5.41) is 2.99. The maximum atomic E-state index is 12.0. The van der Waals surface area contributed by atoms with Gasteiger partial charge in [0.25, 0.3) is 0 Å². The van der Waals surface area contributed by atoms with Crippen LogP contribution in [0.5, 0.6) is 0 Å². The summed E-state index contributed by atoms with van der Waals surface area (Å²) in [4.78, 5) is 16.2. The number of aryl methyl sites for hydroxylation is 1. The maximum Gasteiger partial charge on any atom is 0.221 e. The molecule has 0 fully saturated rings. The highest BCUT2D eigenvalue weighted by molar-refractivity contribution is 7.98. The molecule has 1 aromatic heterocycles. The summed E-state index contributed by atoms with van der Waals surface area (Å²) < 4.78 is 2.03. The molecule has 26 heavy (non-hydrogen) atoms. The Kier molecular flexibility index (Phi) is 6.50. The lowest BCUT2D eigenvalue weighted by Gasteiger charge is -2.08. The Morgan fingerprint density at radius 1 is 1.08 bits per heavy atom. The molecule has 0 aliphatic heterocycles. The molecule has 134 valence electrons. The third-order valence-electron chi connectivity index (χ3n) is 4.11. The second kappa shape index (κ2) is 9.25. The predicted octanol–water partition coefficient (Wildman–Crippen LogP) is 4.12. The van der Waals surface area contributed by atoms with Crippen molar-refractivity contribution >= 4 is 17.7 Å². The van der Waals surface area contributed by atoms with E-state index in [1.54, 1.807) is 18.0 Å². The minimum Gasteiger partial charge on any atom is -0.352 e. The summed E-state index contributed by atoms with van der Waals surface area (Å²) in [6, 6.07) is 18.5. The maximum absolute atomic E-state index is 12.0. The largest absolute Gasteiger partial charge is 0.352 e. The number of aromatic nitrogens is 2. The molecule has 3 aromatic rings. The van der Waals surface area contributed by atoms with Crippen molar-refractivity contribution in [2.75, 3.05) is 5.75 Å². The first kappa shape index (κ1) is 18.3. The van der Waals surface area contributed by atoms with Crippen molar-refractivity contribution in [2.45, 2.75) is 25.6 Å². The van der Waals surface area contributed by atoms with Gasteiger partial charge in [0.15, 0.2) is 0 Å². The van der Waals surface area contributed by atoms with Gasteiger partial charge in [0.2, 0.25) is 5.91 Å². The van der Waals surface area contributed by atoms with Crippen LogP contribution in [-0.4, -0.2) is 21.2 Å². The van der Waals surface area contributed by atoms with Crippen molar-refractivity contribution in [2.24, 2.45) is 0 Å². The number of thioether (sulfide) groups is 1. The summed E-state index contributed by atoms with van der Waals surface area (Å²) in [7, 11) is 0. The SMILES string of the molecule is Cc1nccn1-c1ccc(CNC(=O)CCSCc2ccccc2)cc1. The first-order valence-electron chi connectivity index (χ1n) is 8.70. The van der Waals surface area contributed by atoms with E-state index < -0.39 is 0 Å². The molecular weight excluding hydrogens is 342 g/mol. The molecule has 0 aliphatic rings. The molecule has 0 bridgehead atoms. The van der Waals surface area contributed by atoms with Crippen LogP contribution in [0.2, 0.25) is 0 Å². The normalized spacial score (nSPS) is 10.7. The van der Waals surface area contributed by atoms with Gasteiger partial charge in [-0.05, 0) is 30.2 Å². The third-order valence-corrected chi connectivity index (χ3v) is 5.15. The van der Waals surface area contributed by atoms with Crippen LogP contribution in [0.25, 0.3) is 5.69 Å². The smallest absolute Gasteiger partial charge is 0.221 e. The molecule has 4 nitrogen and oxygen atoms in total. The zero-order chi connectivity index (χ0) is 18.2. The van der Waals surface area contributed by atoms with Gasteiger partial charge in [-0.1, -0.05) is 42.5 Å². The van der Waals surface area contributed by atoms with Crippen LogP contribution in [0.4, 0.5) is 0 Å². The number of amides is 1. The minimum atomic E-state index is 0.0973. The predicted molar refractivity (Wildman–Crippen MR) is 107 cm³/mol. The van der Waals surface area contributed by atoms with E-state index in [0.29, 0.717) is 13.0 Å². The van der Waals surface area contributed by atoms with Gasteiger partial charge in [-0.3, -0.25) is 4.79 Å². The van der Waals surface area contributed by atoms with Crippen LogP contribution >= 0.6 is 11.8 Å². The summed E-state index contributed by atoms with van der Waals surface area (Å²) in [5.74, 6) is 2.84. The van der Waals surface area contributed by atoms with E-state index in [1.807, 2.05) is 60.2 Å². The molecule has 1 heterocycles. The molecule has 0 aliphatic carbocycles. The van der Waals surface area contributed by atoms with Crippen LogP contribution in [0, 0.1) is 6.92 Å². The van der Waals surface area contributed by atoms with Gasteiger partial charge >= 0.3 is 0 Å². The number of carbonyl (C=O) groups excluding carboxylic acids is 1. The first-order chi connectivity index (χ1) is 12.7. The monoisotopic (exact) mass is 365 g/mol.